The summed E-state index contributed by atoms with van der Waals surface area (Å²) in [6.07, 6.45) is 2.85. The van der Waals surface area contributed by atoms with E-state index in [2.05, 4.69) is 15.4 Å². The molecule has 9 nitrogen and oxygen atoms in total. The maximum Gasteiger partial charge on any atom is 0.338 e. The van der Waals surface area contributed by atoms with Crippen molar-refractivity contribution < 1.29 is 18.7 Å². The molecule has 2 heterocycles. The van der Waals surface area contributed by atoms with Crippen LogP contribution in [0.15, 0.2) is 65.8 Å². The van der Waals surface area contributed by atoms with Crippen LogP contribution in [-0.2, 0) is 29.0 Å². The van der Waals surface area contributed by atoms with Crippen LogP contribution in [0.4, 0.5) is 4.39 Å². The zero-order chi connectivity index (χ0) is 24.1. The van der Waals surface area contributed by atoms with E-state index in [0.717, 1.165) is 0 Å². The van der Waals surface area contributed by atoms with Gasteiger partial charge in [-0.1, -0.05) is 30.3 Å². The maximum atomic E-state index is 13.4. The van der Waals surface area contributed by atoms with Crippen LogP contribution in [0.1, 0.15) is 21.5 Å². The number of aromatic nitrogens is 4. The first-order valence-electron chi connectivity index (χ1n) is 10.5. The summed E-state index contributed by atoms with van der Waals surface area (Å²) in [6.45, 7) is 0.742. The number of fused-ring (bicyclic) bond motifs is 1. The summed E-state index contributed by atoms with van der Waals surface area (Å²) in [5.41, 5.74) is 1.66. The van der Waals surface area contributed by atoms with E-state index in [9.17, 15) is 18.8 Å². The summed E-state index contributed by atoms with van der Waals surface area (Å²) in [6, 6.07) is 12.8. The van der Waals surface area contributed by atoms with Crippen molar-refractivity contribution in [2.24, 2.45) is 0 Å². The molecule has 0 bridgehead atoms. The molecule has 0 spiro atoms. The van der Waals surface area contributed by atoms with E-state index in [4.69, 9.17) is 4.74 Å². The number of nitrogens with one attached hydrogen (secondary N) is 1. The third kappa shape index (κ3) is 5.01. The third-order valence-electron chi connectivity index (χ3n) is 5.28. The van der Waals surface area contributed by atoms with Gasteiger partial charge in [0.2, 0.25) is 5.91 Å². The van der Waals surface area contributed by atoms with Crippen LogP contribution in [0, 0.1) is 5.82 Å². The monoisotopic (exact) mass is 463 g/mol. The van der Waals surface area contributed by atoms with Crippen molar-refractivity contribution in [3.63, 3.8) is 0 Å². The summed E-state index contributed by atoms with van der Waals surface area (Å²) in [7, 11) is 1.29. The van der Waals surface area contributed by atoms with Gasteiger partial charge >= 0.3 is 5.97 Å². The van der Waals surface area contributed by atoms with E-state index in [1.54, 1.807) is 36.4 Å². The first-order valence-corrected chi connectivity index (χ1v) is 10.5. The summed E-state index contributed by atoms with van der Waals surface area (Å²) in [5.74, 6) is -1.14. The summed E-state index contributed by atoms with van der Waals surface area (Å²) in [5, 5.41) is 7.33. The predicted molar refractivity (Wildman–Crippen MR) is 122 cm³/mol. The molecule has 0 aliphatic carbocycles. The van der Waals surface area contributed by atoms with Crippen molar-refractivity contribution in [2.75, 3.05) is 13.7 Å². The quantitative estimate of drug-likeness (QED) is 0.400. The second-order valence-electron chi connectivity index (χ2n) is 7.59. The summed E-state index contributed by atoms with van der Waals surface area (Å²) in [4.78, 5) is 41.4. The smallest absolute Gasteiger partial charge is 0.338 e. The van der Waals surface area contributed by atoms with Gasteiger partial charge in [0.15, 0.2) is 5.65 Å². The van der Waals surface area contributed by atoms with Crippen LogP contribution >= 0.6 is 0 Å². The molecular weight excluding hydrogens is 441 g/mol. The Balaban J connectivity index is 1.40. The fraction of sp³-hybridized carbons (Fsp3) is 0.208. The Morgan fingerprint density at radius 1 is 1.15 bits per heavy atom. The van der Waals surface area contributed by atoms with E-state index < -0.39 is 5.97 Å². The Morgan fingerprint density at radius 2 is 1.97 bits per heavy atom. The van der Waals surface area contributed by atoms with Gasteiger partial charge in [-0.25, -0.2) is 18.9 Å². The molecule has 4 aromatic rings. The molecule has 0 saturated carbocycles. The van der Waals surface area contributed by atoms with Crippen molar-refractivity contribution in [1.29, 1.82) is 0 Å². The Bertz CT molecular complexity index is 1410. The van der Waals surface area contributed by atoms with Gasteiger partial charge in [-0.2, -0.15) is 5.10 Å². The average Bonchev–Trinajstić information content (AvgIpc) is 3.24. The number of rotatable bonds is 8. The van der Waals surface area contributed by atoms with Crippen LogP contribution in [-0.4, -0.2) is 44.9 Å². The normalized spacial score (nSPS) is 10.9. The van der Waals surface area contributed by atoms with Crippen molar-refractivity contribution in [2.45, 2.75) is 19.5 Å². The van der Waals surface area contributed by atoms with Gasteiger partial charge < -0.3 is 10.1 Å². The number of methoxy groups -OCH3 is 1. The standard InChI is InChI=1S/C24H22FN5O4/c1-34-24(33)19-8-3-2-6-17(19)12-21(31)26-9-10-30-22-20(13-28-30)23(32)29(15-27-22)14-16-5-4-7-18(25)11-16/h2-8,11,13,15H,9-10,12,14H2,1H3,(H,26,31). The lowest BCUT2D eigenvalue weighted by Crippen LogP contribution is -2.29. The van der Waals surface area contributed by atoms with Gasteiger partial charge in [-0.15, -0.1) is 0 Å². The molecule has 10 heteroatoms. The van der Waals surface area contributed by atoms with Crippen LogP contribution in [0.3, 0.4) is 0 Å². The minimum Gasteiger partial charge on any atom is -0.465 e. The number of carbonyl (C=O) groups excluding carboxylic acids is 2. The SMILES string of the molecule is COC(=O)c1ccccc1CC(=O)NCCn1ncc2c(=O)n(Cc3cccc(F)c3)cnc21. The summed E-state index contributed by atoms with van der Waals surface area (Å²) < 4.78 is 21.1. The third-order valence-corrected chi connectivity index (χ3v) is 5.28. The van der Waals surface area contributed by atoms with Gasteiger partial charge in [0.1, 0.15) is 17.5 Å². The number of esters is 1. The molecule has 0 radical (unpaired) electrons. The highest BCUT2D eigenvalue weighted by atomic mass is 19.1. The van der Waals surface area contributed by atoms with E-state index >= 15 is 0 Å². The highest BCUT2D eigenvalue weighted by molar-refractivity contribution is 5.93. The van der Waals surface area contributed by atoms with Crippen molar-refractivity contribution in [3.05, 3.63) is 93.9 Å². The first kappa shape index (κ1) is 22.8. The zero-order valence-electron chi connectivity index (χ0n) is 18.4. The lowest BCUT2D eigenvalue weighted by molar-refractivity contribution is -0.120. The molecule has 0 aliphatic heterocycles. The number of nitrogens with zero attached hydrogens (tertiary/aromatic N) is 4. The number of halogens is 1. The van der Waals surface area contributed by atoms with Gasteiger partial charge in [0.25, 0.3) is 5.56 Å². The first-order chi connectivity index (χ1) is 16.5. The molecule has 174 valence electrons. The predicted octanol–water partition coefficient (Wildman–Crippen LogP) is 1.93. The van der Waals surface area contributed by atoms with Gasteiger partial charge in [0.05, 0.1) is 38.4 Å². The van der Waals surface area contributed by atoms with Crippen LogP contribution in [0.5, 0.6) is 0 Å². The minimum absolute atomic E-state index is 0.0220. The van der Waals surface area contributed by atoms with Crippen molar-refractivity contribution >= 4 is 22.9 Å². The Labute approximate surface area is 193 Å². The molecule has 2 aromatic carbocycles. The fourth-order valence-corrected chi connectivity index (χ4v) is 3.63. The van der Waals surface area contributed by atoms with E-state index in [-0.39, 0.29) is 36.8 Å². The highest BCUT2D eigenvalue weighted by Crippen LogP contribution is 2.11. The number of ether oxygens (including phenoxy) is 1. The Kier molecular flexibility index (Phi) is 6.77. The lowest BCUT2D eigenvalue weighted by atomic mass is 10.0. The lowest BCUT2D eigenvalue weighted by Gasteiger charge is -2.09. The molecule has 34 heavy (non-hydrogen) atoms. The molecule has 4 rings (SSSR count). The van der Waals surface area contributed by atoms with Gasteiger partial charge in [0, 0.05) is 6.54 Å². The number of hydrogen-bond donors (Lipinski definition) is 1. The molecule has 2 aromatic heterocycles. The molecule has 0 unspecified atom stereocenters. The fourth-order valence-electron chi connectivity index (χ4n) is 3.63. The molecule has 0 atom stereocenters. The second kappa shape index (κ2) is 10.1. The topological polar surface area (TPSA) is 108 Å². The summed E-state index contributed by atoms with van der Waals surface area (Å²) >= 11 is 0. The van der Waals surface area contributed by atoms with Crippen LogP contribution in [0.2, 0.25) is 0 Å². The second-order valence-corrected chi connectivity index (χ2v) is 7.59. The average molecular weight is 463 g/mol. The molecule has 1 N–H and O–H groups in total. The highest BCUT2D eigenvalue weighted by Gasteiger charge is 2.14. The zero-order valence-corrected chi connectivity index (χ0v) is 18.4. The number of carbonyl (C=O) groups is 2. The minimum atomic E-state index is -0.499. The molecule has 0 fully saturated rings. The van der Waals surface area contributed by atoms with E-state index in [1.165, 1.54) is 41.0 Å². The molecule has 0 aliphatic rings. The molecule has 0 saturated heterocycles. The van der Waals surface area contributed by atoms with Crippen LogP contribution in [0.25, 0.3) is 11.0 Å². The maximum absolute atomic E-state index is 13.4. The number of amides is 1. The van der Waals surface area contributed by atoms with Gasteiger partial charge in [-0.05, 0) is 29.3 Å². The number of hydrogen-bond acceptors (Lipinski definition) is 6. The molecule has 1 amide bonds. The van der Waals surface area contributed by atoms with Crippen molar-refractivity contribution in [1.82, 2.24) is 24.6 Å². The van der Waals surface area contributed by atoms with E-state index in [0.29, 0.717) is 34.3 Å². The van der Waals surface area contributed by atoms with E-state index in [1.807, 2.05) is 0 Å². The van der Waals surface area contributed by atoms with Crippen molar-refractivity contribution in [3.8, 4) is 0 Å². The number of benzene rings is 2. The Morgan fingerprint density at radius 3 is 2.76 bits per heavy atom. The Hall–Kier alpha value is -4.34. The largest absolute Gasteiger partial charge is 0.465 e. The van der Waals surface area contributed by atoms with Crippen LogP contribution < -0.4 is 10.9 Å². The molecular formula is C24H22FN5O4. The van der Waals surface area contributed by atoms with Gasteiger partial charge in [-0.3, -0.25) is 14.2 Å².